The monoisotopic (exact) mass is 154 g/mol. The van der Waals surface area contributed by atoms with Crippen LogP contribution < -0.4 is 5.46 Å². The predicted octanol–water partition coefficient (Wildman–Crippen LogP) is -1.03. The van der Waals surface area contributed by atoms with Gasteiger partial charge in [0.15, 0.2) is 0 Å². The Hall–Kier alpha value is -0.835. The van der Waals surface area contributed by atoms with Crippen molar-refractivity contribution in [1.29, 1.82) is 0 Å². The first-order chi connectivity index (χ1) is 5.30. The summed E-state index contributed by atoms with van der Waals surface area (Å²) < 4.78 is 0. The van der Waals surface area contributed by atoms with E-state index in [1.54, 1.807) is 24.3 Å². The van der Waals surface area contributed by atoms with Crippen LogP contribution >= 0.6 is 0 Å². The molecule has 0 aliphatic heterocycles. The molecule has 0 aromatic heterocycles. The molecule has 4 heteroatoms. The minimum Gasteiger partial charge on any atom is -0.423 e. The van der Waals surface area contributed by atoms with Gasteiger partial charge < -0.3 is 15.2 Å². The fourth-order valence-corrected chi connectivity index (χ4v) is 0.625. The first-order valence-electron chi connectivity index (χ1n) is 3.16. The zero-order valence-electron chi connectivity index (χ0n) is 6.31. The van der Waals surface area contributed by atoms with Crippen LogP contribution in [0.4, 0.5) is 0 Å². The molecule has 0 radical (unpaired) electrons. The van der Waals surface area contributed by atoms with Crippen LogP contribution in [0.1, 0.15) is 0 Å². The predicted molar refractivity (Wildman–Crippen MR) is 44.4 cm³/mol. The minimum absolute atomic E-state index is 0.525. The fourth-order valence-electron chi connectivity index (χ4n) is 0.625. The van der Waals surface area contributed by atoms with Crippen molar-refractivity contribution in [2.75, 3.05) is 7.11 Å². The maximum atomic E-state index is 8.58. The maximum absolute atomic E-state index is 8.58. The summed E-state index contributed by atoms with van der Waals surface area (Å²) in [6.07, 6.45) is 0. The van der Waals surface area contributed by atoms with Gasteiger partial charge in [0.1, 0.15) is 0 Å². The molecule has 0 fully saturated rings. The highest BCUT2D eigenvalue weighted by atomic mass is 16.4. The standard InChI is InChI=1S/C6H7BO2.CH4O/c8-7(9)6-4-2-1-3-5-6;1-2/h1-5,8-9H;2H,1H3. The molecular formula is C7H11BO3. The van der Waals surface area contributed by atoms with Gasteiger partial charge >= 0.3 is 7.12 Å². The molecule has 3 nitrogen and oxygen atoms in total. The van der Waals surface area contributed by atoms with Crippen LogP contribution in [-0.4, -0.2) is 29.4 Å². The number of aliphatic hydroxyl groups excluding tert-OH is 1. The third-order valence-electron chi connectivity index (χ3n) is 1.10. The highest BCUT2D eigenvalue weighted by Gasteiger charge is 2.07. The fraction of sp³-hybridized carbons (Fsp3) is 0.143. The Morgan fingerprint density at radius 1 is 1.00 bits per heavy atom. The second kappa shape index (κ2) is 5.91. The number of aliphatic hydroxyl groups is 1. The topological polar surface area (TPSA) is 60.7 Å². The molecule has 0 saturated carbocycles. The summed E-state index contributed by atoms with van der Waals surface area (Å²) in [5, 5.41) is 24.2. The Labute approximate surface area is 66.1 Å². The Kier molecular flexibility index (Phi) is 5.46. The third-order valence-corrected chi connectivity index (χ3v) is 1.10. The lowest BCUT2D eigenvalue weighted by Crippen LogP contribution is -2.29. The maximum Gasteiger partial charge on any atom is 0.488 e. The van der Waals surface area contributed by atoms with E-state index < -0.39 is 7.12 Å². The Balaban J connectivity index is 0.000000461. The Morgan fingerprint density at radius 2 is 1.45 bits per heavy atom. The molecule has 0 heterocycles. The van der Waals surface area contributed by atoms with Crippen molar-refractivity contribution in [2.45, 2.75) is 0 Å². The zero-order chi connectivity index (χ0) is 8.69. The van der Waals surface area contributed by atoms with Gasteiger partial charge in [0, 0.05) is 7.11 Å². The van der Waals surface area contributed by atoms with E-state index in [1.165, 1.54) is 0 Å². The van der Waals surface area contributed by atoms with Gasteiger partial charge in [-0.25, -0.2) is 0 Å². The molecule has 0 unspecified atom stereocenters. The quantitative estimate of drug-likeness (QED) is 0.453. The summed E-state index contributed by atoms with van der Waals surface area (Å²) in [4.78, 5) is 0. The van der Waals surface area contributed by atoms with Gasteiger partial charge in [0.05, 0.1) is 0 Å². The van der Waals surface area contributed by atoms with Gasteiger partial charge in [-0.1, -0.05) is 30.3 Å². The molecule has 0 aliphatic rings. The molecule has 11 heavy (non-hydrogen) atoms. The molecule has 3 N–H and O–H groups in total. The summed E-state index contributed by atoms with van der Waals surface area (Å²) in [5.74, 6) is 0. The lowest BCUT2D eigenvalue weighted by molar-refractivity contribution is 0.399. The van der Waals surface area contributed by atoms with Crippen LogP contribution in [0, 0.1) is 0 Å². The van der Waals surface area contributed by atoms with E-state index in [4.69, 9.17) is 15.2 Å². The van der Waals surface area contributed by atoms with Gasteiger partial charge in [-0.05, 0) is 5.46 Å². The third kappa shape index (κ3) is 3.77. The first-order valence-corrected chi connectivity index (χ1v) is 3.16. The molecule has 0 spiro atoms. The molecule has 1 rings (SSSR count). The van der Waals surface area contributed by atoms with Crippen LogP contribution in [0.2, 0.25) is 0 Å². The lowest BCUT2D eigenvalue weighted by Gasteiger charge is -1.94. The van der Waals surface area contributed by atoms with Crippen LogP contribution in [-0.2, 0) is 0 Å². The minimum atomic E-state index is -1.34. The Morgan fingerprint density at radius 3 is 1.73 bits per heavy atom. The summed E-state index contributed by atoms with van der Waals surface area (Å²) in [5.41, 5.74) is 0.525. The van der Waals surface area contributed by atoms with Crippen molar-refractivity contribution in [3.63, 3.8) is 0 Å². The van der Waals surface area contributed by atoms with Crippen molar-refractivity contribution < 1.29 is 15.2 Å². The molecule has 1 aromatic carbocycles. The second-order valence-corrected chi connectivity index (χ2v) is 1.78. The van der Waals surface area contributed by atoms with E-state index in [0.717, 1.165) is 7.11 Å². The van der Waals surface area contributed by atoms with Crippen molar-refractivity contribution in [3.8, 4) is 0 Å². The van der Waals surface area contributed by atoms with Crippen molar-refractivity contribution in [2.24, 2.45) is 0 Å². The van der Waals surface area contributed by atoms with E-state index >= 15 is 0 Å². The van der Waals surface area contributed by atoms with E-state index in [9.17, 15) is 0 Å². The van der Waals surface area contributed by atoms with Crippen LogP contribution in [0.15, 0.2) is 30.3 Å². The number of benzene rings is 1. The average molecular weight is 154 g/mol. The summed E-state index contributed by atoms with van der Waals surface area (Å²) in [6.45, 7) is 0. The van der Waals surface area contributed by atoms with Gasteiger partial charge in [-0.15, -0.1) is 0 Å². The smallest absolute Gasteiger partial charge is 0.423 e. The molecule has 0 amide bonds. The molecule has 0 bridgehead atoms. The SMILES string of the molecule is CO.OB(O)c1ccccc1. The molecule has 0 atom stereocenters. The average Bonchev–Trinajstić information content (AvgIpc) is 2.10. The van der Waals surface area contributed by atoms with Crippen LogP contribution in [0.3, 0.4) is 0 Å². The lowest BCUT2D eigenvalue weighted by atomic mass is 9.81. The second-order valence-electron chi connectivity index (χ2n) is 1.78. The first kappa shape index (κ1) is 10.2. The van der Waals surface area contributed by atoms with Crippen LogP contribution in [0.5, 0.6) is 0 Å². The van der Waals surface area contributed by atoms with Gasteiger partial charge in [-0.2, -0.15) is 0 Å². The van der Waals surface area contributed by atoms with Crippen molar-refractivity contribution in [1.82, 2.24) is 0 Å². The summed E-state index contributed by atoms with van der Waals surface area (Å²) in [7, 11) is -0.341. The summed E-state index contributed by atoms with van der Waals surface area (Å²) in [6, 6.07) is 8.66. The van der Waals surface area contributed by atoms with Gasteiger partial charge in [-0.3, -0.25) is 0 Å². The zero-order valence-corrected chi connectivity index (χ0v) is 6.31. The molecular weight excluding hydrogens is 143 g/mol. The normalized spacial score (nSPS) is 8.00. The Bertz CT molecular complexity index is 176. The van der Waals surface area contributed by atoms with Crippen molar-refractivity contribution >= 4 is 12.6 Å². The highest BCUT2D eigenvalue weighted by Crippen LogP contribution is 1.82. The van der Waals surface area contributed by atoms with E-state index in [1.807, 2.05) is 6.07 Å². The van der Waals surface area contributed by atoms with Gasteiger partial charge in [0.25, 0.3) is 0 Å². The molecule has 60 valence electrons. The van der Waals surface area contributed by atoms with E-state index in [-0.39, 0.29) is 0 Å². The number of hydrogen-bond donors (Lipinski definition) is 3. The van der Waals surface area contributed by atoms with Gasteiger partial charge in [0.2, 0.25) is 0 Å². The van der Waals surface area contributed by atoms with E-state index in [0.29, 0.717) is 5.46 Å². The number of rotatable bonds is 1. The highest BCUT2D eigenvalue weighted by molar-refractivity contribution is 6.58. The van der Waals surface area contributed by atoms with Crippen LogP contribution in [0.25, 0.3) is 0 Å². The van der Waals surface area contributed by atoms with Crippen molar-refractivity contribution in [3.05, 3.63) is 30.3 Å². The molecule has 1 aromatic rings. The molecule has 0 saturated heterocycles. The van der Waals surface area contributed by atoms with E-state index in [2.05, 4.69) is 0 Å². The molecule has 0 aliphatic carbocycles. The summed E-state index contributed by atoms with van der Waals surface area (Å²) >= 11 is 0. The largest absolute Gasteiger partial charge is 0.488 e. The number of hydrogen-bond acceptors (Lipinski definition) is 3.